The SMILES string of the molecule is CC(C)CCN1CCC(Oc2cccc(F)n2)C1. The minimum Gasteiger partial charge on any atom is -0.473 e. The highest BCUT2D eigenvalue weighted by Gasteiger charge is 2.24. The molecule has 1 aromatic rings. The van der Waals surface area contributed by atoms with Crippen LogP contribution in [0.2, 0.25) is 0 Å². The van der Waals surface area contributed by atoms with Gasteiger partial charge >= 0.3 is 0 Å². The van der Waals surface area contributed by atoms with E-state index in [1.807, 2.05) is 0 Å². The van der Waals surface area contributed by atoms with E-state index in [-0.39, 0.29) is 6.10 Å². The average molecular weight is 252 g/mol. The van der Waals surface area contributed by atoms with Crippen LogP contribution in [0, 0.1) is 11.9 Å². The summed E-state index contributed by atoms with van der Waals surface area (Å²) < 4.78 is 18.6. The van der Waals surface area contributed by atoms with Gasteiger partial charge in [-0.25, -0.2) is 0 Å². The molecular formula is C14H21FN2O. The van der Waals surface area contributed by atoms with E-state index in [2.05, 4.69) is 23.7 Å². The fraction of sp³-hybridized carbons (Fsp3) is 0.643. The third-order valence-corrected chi connectivity index (χ3v) is 3.23. The van der Waals surface area contributed by atoms with Crippen LogP contribution in [0.25, 0.3) is 0 Å². The summed E-state index contributed by atoms with van der Waals surface area (Å²) in [5.74, 6) is 0.641. The largest absolute Gasteiger partial charge is 0.473 e. The molecular weight excluding hydrogens is 231 g/mol. The molecule has 1 aliphatic heterocycles. The van der Waals surface area contributed by atoms with Gasteiger partial charge in [0.05, 0.1) is 0 Å². The summed E-state index contributed by atoms with van der Waals surface area (Å²) in [5, 5.41) is 0. The summed E-state index contributed by atoms with van der Waals surface area (Å²) in [6, 6.07) is 4.67. The summed E-state index contributed by atoms with van der Waals surface area (Å²) in [5.41, 5.74) is 0. The van der Waals surface area contributed by atoms with Gasteiger partial charge in [0.2, 0.25) is 11.8 Å². The second-order valence-corrected chi connectivity index (χ2v) is 5.31. The molecule has 2 heterocycles. The number of nitrogens with zero attached hydrogens (tertiary/aromatic N) is 2. The highest BCUT2D eigenvalue weighted by atomic mass is 19.1. The molecule has 100 valence electrons. The van der Waals surface area contributed by atoms with Gasteiger partial charge in [0, 0.05) is 19.2 Å². The Hall–Kier alpha value is -1.16. The lowest BCUT2D eigenvalue weighted by molar-refractivity contribution is 0.189. The quantitative estimate of drug-likeness (QED) is 0.753. The Morgan fingerprint density at radius 1 is 1.50 bits per heavy atom. The minimum atomic E-state index is -0.484. The Labute approximate surface area is 108 Å². The van der Waals surface area contributed by atoms with Gasteiger partial charge in [-0.15, -0.1) is 0 Å². The fourth-order valence-corrected chi connectivity index (χ4v) is 2.16. The molecule has 0 saturated carbocycles. The summed E-state index contributed by atoms with van der Waals surface area (Å²) in [4.78, 5) is 6.14. The summed E-state index contributed by atoms with van der Waals surface area (Å²) in [6.07, 6.45) is 2.35. The number of hydrogen-bond acceptors (Lipinski definition) is 3. The van der Waals surface area contributed by atoms with Crippen molar-refractivity contribution in [1.82, 2.24) is 9.88 Å². The van der Waals surface area contributed by atoms with E-state index in [1.165, 1.54) is 12.5 Å². The first kappa shape index (κ1) is 13.3. The molecule has 0 N–H and O–H groups in total. The van der Waals surface area contributed by atoms with Crippen molar-refractivity contribution in [2.75, 3.05) is 19.6 Å². The third kappa shape index (κ3) is 3.95. The van der Waals surface area contributed by atoms with Gasteiger partial charge in [-0.2, -0.15) is 9.37 Å². The summed E-state index contributed by atoms with van der Waals surface area (Å²) >= 11 is 0. The molecule has 4 heteroatoms. The summed E-state index contributed by atoms with van der Waals surface area (Å²) in [7, 11) is 0. The molecule has 0 aliphatic carbocycles. The molecule has 1 atom stereocenters. The predicted molar refractivity (Wildman–Crippen MR) is 69.1 cm³/mol. The Morgan fingerprint density at radius 2 is 2.33 bits per heavy atom. The van der Waals surface area contributed by atoms with Crippen LogP contribution in [-0.2, 0) is 0 Å². The molecule has 0 amide bonds. The van der Waals surface area contributed by atoms with Crippen LogP contribution in [0.15, 0.2) is 18.2 Å². The van der Waals surface area contributed by atoms with Gasteiger partial charge in [0.25, 0.3) is 0 Å². The van der Waals surface area contributed by atoms with Crippen LogP contribution in [0.5, 0.6) is 5.88 Å². The van der Waals surface area contributed by atoms with Gasteiger partial charge in [-0.3, -0.25) is 4.90 Å². The minimum absolute atomic E-state index is 0.145. The maximum atomic E-state index is 12.9. The van der Waals surface area contributed by atoms with Crippen molar-refractivity contribution in [3.8, 4) is 5.88 Å². The second kappa shape index (κ2) is 6.14. The molecule has 0 aromatic carbocycles. The Kier molecular flexibility index (Phi) is 4.53. The van der Waals surface area contributed by atoms with Crippen LogP contribution in [-0.4, -0.2) is 35.6 Å². The van der Waals surface area contributed by atoms with Gasteiger partial charge in [0.1, 0.15) is 6.10 Å². The van der Waals surface area contributed by atoms with Crippen molar-refractivity contribution >= 4 is 0 Å². The zero-order valence-corrected chi connectivity index (χ0v) is 11.1. The first-order valence-corrected chi connectivity index (χ1v) is 6.65. The van der Waals surface area contributed by atoms with Gasteiger partial charge in [0.15, 0.2) is 0 Å². The number of halogens is 1. The molecule has 18 heavy (non-hydrogen) atoms. The maximum absolute atomic E-state index is 12.9. The lowest BCUT2D eigenvalue weighted by Gasteiger charge is -2.17. The smallest absolute Gasteiger partial charge is 0.216 e. The Balaban J connectivity index is 1.79. The van der Waals surface area contributed by atoms with Crippen molar-refractivity contribution in [3.05, 3.63) is 24.1 Å². The first-order valence-electron chi connectivity index (χ1n) is 6.65. The van der Waals surface area contributed by atoms with Crippen molar-refractivity contribution in [1.29, 1.82) is 0 Å². The van der Waals surface area contributed by atoms with Crippen molar-refractivity contribution in [2.45, 2.75) is 32.8 Å². The van der Waals surface area contributed by atoms with Crippen molar-refractivity contribution < 1.29 is 9.13 Å². The lowest BCUT2D eigenvalue weighted by Crippen LogP contribution is -2.26. The molecule has 3 nitrogen and oxygen atoms in total. The highest BCUT2D eigenvalue weighted by molar-refractivity contribution is 5.11. The van der Waals surface area contributed by atoms with Crippen LogP contribution < -0.4 is 4.74 Å². The van der Waals surface area contributed by atoms with Crippen molar-refractivity contribution in [3.63, 3.8) is 0 Å². The zero-order valence-electron chi connectivity index (χ0n) is 11.1. The van der Waals surface area contributed by atoms with Gasteiger partial charge in [-0.1, -0.05) is 19.9 Å². The molecule has 0 bridgehead atoms. The van der Waals surface area contributed by atoms with Gasteiger partial charge < -0.3 is 4.74 Å². The van der Waals surface area contributed by atoms with Crippen LogP contribution in [0.3, 0.4) is 0 Å². The molecule has 1 fully saturated rings. The highest BCUT2D eigenvalue weighted by Crippen LogP contribution is 2.17. The van der Waals surface area contributed by atoms with E-state index in [1.54, 1.807) is 12.1 Å². The van der Waals surface area contributed by atoms with E-state index in [9.17, 15) is 4.39 Å². The van der Waals surface area contributed by atoms with Gasteiger partial charge in [-0.05, 0) is 31.4 Å². The maximum Gasteiger partial charge on any atom is 0.216 e. The topological polar surface area (TPSA) is 25.4 Å². The first-order chi connectivity index (χ1) is 8.63. The Bertz CT molecular complexity index is 384. The number of likely N-dealkylation sites (tertiary alicyclic amines) is 1. The number of hydrogen-bond donors (Lipinski definition) is 0. The molecule has 0 spiro atoms. The second-order valence-electron chi connectivity index (χ2n) is 5.31. The molecule has 1 aromatic heterocycles. The third-order valence-electron chi connectivity index (χ3n) is 3.23. The monoisotopic (exact) mass is 252 g/mol. The van der Waals surface area contributed by atoms with E-state index >= 15 is 0 Å². The number of ether oxygens (including phenoxy) is 1. The van der Waals surface area contributed by atoms with Crippen molar-refractivity contribution in [2.24, 2.45) is 5.92 Å². The van der Waals surface area contributed by atoms with Crippen LogP contribution in [0.4, 0.5) is 4.39 Å². The average Bonchev–Trinajstić information content (AvgIpc) is 2.74. The lowest BCUT2D eigenvalue weighted by atomic mass is 10.1. The van der Waals surface area contributed by atoms with E-state index in [4.69, 9.17) is 4.74 Å². The fourth-order valence-electron chi connectivity index (χ4n) is 2.16. The van der Waals surface area contributed by atoms with Crippen LogP contribution >= 0.6 is 0 Å². The zero-order chi connectivity index (χ0) is 13.0. The molecule has 1 unspecified atom stereocenters. The Morgan fingerprint density at radius 3 is 3.06 bits per heavy atom. The molecule has 1 aliphatic rings. The normalized spacial score (nSPS) is 20.6. The molecule has 2 rings (SSSR count). The predicted octanol–water partition coefficient (Wildman–Crippen LogP) is 2.72. The van der Waals surface area contributed by atoms with E-state index in [0.29, 0.717) is 5.88 Å². The molecule has 0 radical (unpaired) electrons. The van der Waals surface area contributed by atoms with E-state index < -0.39 is 5.95 Å². The standard InChI is InChI=1S/C14H21FN2O/c1-11(2)6-8-17-9-7-12(10-17)18-14-5-3-4-13(15)16-14/h3-5,11-12H,6-10H2,1-2H3. The number of pyridine rings is 1. The number of rotatable bonds is 5. The summed E-state index contributed by atoms with van der Waals surface area (Å²) in [6.45, 7) is 7.58. The molecule has 1 saturated heterocycles. The number of aromatic nitrogens is 1. The van der Waals surface area contributed by atoms with Crippen LogP contribution in [0.1, 0.15) is 26.7 Å². The van der Waals surface area contributed by atoms with E-state index in [0.717, 1.165) is 32.0 Å².